The Balaban J connectivity index is 1.49. The molecule has 1 N–H and O–H groups in total. The zero-order valence-corrected chi connectivity index (χ0v) is 17.0. The third kappa shape index (κ3) is 5.06. The lowest BCUT2D eigenvalue weighted by molar-refractivity contribution is -0.114. The van der Waals surface area contributed by atoms with Crippen molar-refractivity contribution < 1.29 is 9.53 Å². The first-order valence-corrected chi connectivity index (χ1v) is 10.1. The maximum Gasteiger partial charge on any atom is 0.221 e. The molecule has 3 aromatic carbocycles. The third-order valence-electron chi connectivity index (χ3n) is 5.07. The maximum absolute atomic E-state index is 11.2. The molecule has 5 nitrogen and oxygen atoms in total. The van der Waals surface area contributed by atoms with Crippen LogP contribution in [0.5, 0.6) is 5.75 Å². The molecule has 0 bridgehead atoms. The highest BCUT2D eigenvalue weighted by molar-refractivity contribution is 5.88. The third-order valence-corrected chi connectivity index (χ3v) is 5.07. The monoisotopic (exact) mass is 399 g/mol. The van der Waals surface area contributed by atoms with Crippen molar-refractivity contribution in [3.63, 3.8) is 0 Å². The predicted octanol–water partition coefficient (Wildman–Crippen LogP) is 5.08. The predicted molar refractivity (Wildman–Crippen MR) is 120 cm³/mol. The van der Waals surface area contributed by atoms with Gasteiger partial charge in [0.15, 0.2) is 0 Å². The van der Waals surface area contributed by atoms with Crippen LogP contribution in [0.1, 0.15) is 18.9 Å². The maximum atomic E-state index is 11.2. The molecule has 1 atom stereocenters. The number of anilines is 1. The highest BCUT2D eigenvalue weighted by Gasteiger charge is 2.13. The van der Waals surface area contributed by atoms with E-state index in [-0.39, 0.29) is 12.0 Å². The van der Waals surface area contributed by atoms with Crippen LogP contribution in [0.25, 0.3) is 10.8 Å². The molecule has 1 unspecified atom stereocenters. The second-order valence-electron chi connectivity index (χ2n) is 7.38. The first-order chi connectivity index (χ1) is 14.7. The molecule has 4 rings (SSSR count). The number of nitrogens with one attached hydrogen (secondary N) is 1. The fourth-order valence-electron chi connectivity index (χ4n) is 3.66. The Morgan fingerprint density at radius 3 is 2.63 bits per heavy atom. The van der Waals surface area contributed by atoms with Gasteiger partial charge in [0.1, 0.15) is 11.9 Å². The van der Waals surface area contributed by atoms with Gasteiger partial charge in [0.05, 0.1) is 12.9 Å². The van der Waals surface area contributed by atoms with E-state index in [2.05, 4.69) is 52.8 Å². The zero-order valence-electron chi connectivity index (χ0n) is 17.0. The fourth-order valence-corrected chi connectivity index (χ4v) is 3.66. The molecular weight excluding hydrogens is 374 g/mol. The minimum Gasteiger partial charge on any atom is -0.489 e. The van der Waals surface area contributed by atoms with Crippen LogP contribution in [-0.2, 0) is 17.8 Å². The Hall–Kier alpha value is -3.60. The van der Waals surface area contributed by atoms with E-state index < -0.39 is 0 Å². The SMILES string of the molecule is CC(=O)Nc1ccc(OC(CCc2cccc3ccccc23)Cn2ccnc2)cc1. The smallest absolute Gasteiger partial charge is 0.221 e. The van der Waals surface area contributed by atoms with Gasteiger partial charge in [-0.3, -0.25) is 4.79 Å². The number of nitrogens with zero attached hydrogens (tertiary/aromatic N) is 2. The molecule has 0 saturated carbocycles. The number of hydrogen-bond donors (Lipinski definition) is 1. The van der Waals surface area contributed by atoms with Gasteiger partial charge in [0.2, 0.25) is 5.91 Å². The van der Waals surface area contributed by atoms with Crippen molar-refractivity contribution in [1.29, 1.82) is 0 Å². The summed E-state index contributed by atoms with van der Waals surface area (Å²) in [6, 6.07) is 22.4. The Labute approximate surface area is 176 Å². The molecule has 1 aromatic heterocycles. The van der Waals surface area contributed by atoms with Crippen molar-refractivity contribution in [1.82, 2.24) is 9.55 Å². The number of hydrogen-bond acceptors (Lipinski definition) is 3. The molecule has 1 amide bonds. The summed E-state index contributed by atoms with van der Waals surface area (Å²) in [6.45, 7) is 2.22. The number of carbonyl (C=O) groups is 1. The van der Waals surface area contributed by atoms with Crippen LogP contribution >= 0.6 is 0 Å². The summed E-state index contributed by atoms with van der Waals surface area (Å²) in [5.74, 6) is 0.698. The van der Waals surface area contributed by atoms with Crippen molar-refractivity contribution in [2.24, 2.45) is 0 Å². The van der Waals surface area contributed by atoms with Crippen LogP contribution in [0.15, 0.2) is 85.5 Å². The minimum atomic E-state index is -0.0864. The number of rotatable bonds is 8. The summed E-state index contributed by atoms with van der Waals surface area (Å²) in [5.41, 5.74) is 2.09. The second-order valence-corrected chi connectivity index (χ2v) is 7.38. The summed E-state index contributed by atoms with van der Waals surface area (Å²) in [4.78, 5) is 15.4. The molecule has 0 fully saturated rings. The number of amides is 1. The summed E-state index contributed by atoms with van der Waals surface area (Å²) in [7, 11) is 0. The highest BCUT2D eigenvalue weighted by Crippen LogP contribution is 2.23. The number of benzene rings is 3. The first kappa shape index (κ1) is 19.7. The van der Waals surface area contributed by atoms with Crippen molar-refractivity contribution in [3.8, 4) is 5.75 Å². The zero-order chi connectivity index (χ0) is 20.8. The number of fused-ring (bicyclic) bond motifs is 1. The van der Waals surface area contributed by atoms with E-state index in [1.54, 1.807) is 6.20 Å². The molecule has 152 valence electrons. The van der Waals surface area contributed by atoms with Crippen molar-refractivity contribution in [3.05, 3.63) is 91.0 Å². The van der Waals surface area contributed by atoms with Crippen molar-refractivity contribution >= 4 is 22.4 Å². The van der Waals surface area contributed by atoms with Crippen LogP contribution in [-0.4, -0.2) is 21.6 Å². The summed E-state index contributed by atoms with van der Waals surface area (Å²) >= 11 is 0. The summed E-state index contributed by atoms with van der Waals surface area (Å²) < 4.78 is 8.36. The number of imidazole rings is 1. The molecule has 4 aromatic rings. The molecule has 5 heteroatoms. The van der Waals surface area contributed by atoms with Gasteiger partial charge in [-0.1, -0.05) is 42.5 Å². The van der Waals surface area contributed by atoms with Gasteiger partial charge in [-0.2, -0.15) is 0 Å². The molecule has 1 heterocycles. The van der Waals surface area contributed by atoms with E-state index in [1.165, 1.54) is 23.3 Å². The van der Waals surface area contributed by atoms with Gasteiger partial charge in [-0.15, -0.1) is 0 Å². The standard InChI is InChI=1S/C25H25N3O2/c1-19(29)27-22-10-13-23(14-11-22)30-24(17-28-16-15-26-18-28)12-9-21-7-4-6-20-5-2-3-8-25(20)21/h2-8,10-11,13-16,18,24H,9,12,17H2,1H3,(H,27,29). The lowest BCUT2D eigenvalue weighted by Gasteiger charge is -2.20. The largest absolute Gasteiger partial charge is 0.489 e. The topological polar surface area (TPSA) is 56.1 Å². The lowest BCUT2D eigenvalue weighted by Crippen LogP contribution is -2.23. The van der Waals surface area contributed by atoms with Gasteiger partial charge >= 0.3 is 0 Å². The Morgan fingerprint density at radius 2 is 1.87 bits per heavy atom. The molecule has 0 spiro atoms. The van der Waals surface area contributed by atoms with Gasteiger partial charge in [0, 0.05) is 25.0 Å². The van der Waals surface area contributed by atoms with Gasteiger partial charge < -0.3 is 14.6 Å². The van der Waals surface area contributed by atoms with Crippen LogP contribution < -0.4 is 10.1 Å². The molecule has 0 radical (unpaired) electrons. The minimum absolute atomic E-state index is 0.00946. The molecule has 0 aliphatic rings. The molecule has 30 heavy (non-hydrogen) atoms. The van der Waals surface area contributed by atoms with Crippen LogP contribution in [0, 0.1) is 0 Å². The lowest BCUT2D eigenvalue weighted by atomic mass is 9.99. The Kier molecular flexibility index (Phi) is 6.09. The number of ether oxygens (including phenoxy) is 1. The molecule has 0 aliphatic carbocycles. The summed E-state index contributed by atoms with van der Waals surface area (Å²) in [5, 5.41) is 5.33. The summed E-state index contributed by atoms with van der Waals surface area (Å²) in [6.07, 6.45) is 7.33. The molecule has 0 aliphatic heterocycles. The number of aromatic nitrogens is 2. The van der Waals surface area contributed by atoms with Crippen molar-refractivity contribution in [2.45, 2.75) is 32.4 Å². The molecular formula is C25H25N3O2. The van der Waals surface area contributed by atoms with Crippen molar-refractivity contribution in [2.75, 3.05) is 5.32 Å². The number of carbonyl (C=O) groups excluding carboxylic acids is 1. The van der Waals surface area contributed by atoms with Gasteiger partial charge in [-0.25, -0.2) is 4.98 Å². The Bertz CT molecular complexity index is 1100. The van der Waals surface area contributed by atoms with E-state index in [0.29, 0.717) is 0 Å². The van der Waals surface area contributed by atoms with Gasteiger partial charge in [-0.05, 0) is 53.4 Å². The normalized spacial score (nSPS) is 11.9. The quantitative estimate of drug-likeness (QED) is 0.450. The van der Waals surface area contributed by atoms with Gasteiger partial charge in [0.25, 0.3) is 0 Å². The van der Waals surface area contributed by atoms with Crippen LogP contribution in [0.4, 0.5) is 5.69 Å². The average molecular weight is 399 g/mol. The van der Waals surface area contributed by atoms with Crippen LogP contribution in [0.2, 0.25) is 0 Å². The van der Waals surface area contributed by atoms with Crippen LogP contribution in [0.3, 0.4) is 0 Å². The van der Waals surface area contributed by atoms with E-state index in [1.807, 2.05) is 41.4 Å². The number of aryl methyl sites for hydroxylation is 1. The average Bonchev–Trinajstić information content (AvgIpc) is 3.26. The fraction of sp³-hybridized carbons (Fsp3) is 0.200. The highest BCUT2D eigenvalue weighted by atomic mass is 16.5. The Morgan fingerprint density at radius 1 is 1.07 bits per heavy atom. The first-order valence-electron chi connectivity index (χ1n) is 10.1. The van der Waals surface area contributed by atoms with E-state index in [9.17, 15) is 4.79 Å². The van der Waals surface area contributed by atoms with E-state index >= 15 is 0 Å². The van der Waals surface area contributed by atoms with E-state index in [0.717, 1.165) is 30.8 Å². The van der Waals surface area contributed by atoms with E-state index in [4.69, 9.17) is 4.74 Å². The molecule has 0 saturated heterocycles. The second kappa shape index (κ2) is 9.27.